The number of benzene rings is 1. The molecule has 0 amide bonds. The molecule has 59 valence electrons. The van der Waals surface area contributed by atoms with E-state index in [1.54, 1.807) is 6.07 Å². The topological polar surface area (TPSA) is 3.24 Å². The average Bonchev–Trinajstić information content (AvgIpc) is 2.03. The molecule has 0 atom stereocenters. The first kappa shape index (κ1) is 8.05. The third-order valence-electron chi connectivity index (χ3n) is 1.67. The monoisotopic (exact) mass is 152 g/mol. The van der Waals surface area contributed by atoms with Crippen molar-refractivity contribution in [1.29, 1.82) is 0 Å². The Balaban J connectivity index is 2.86. The molecule has 1 nitrogen and oxygen atoms in total. The van der Waals surface area contributed by atoms with Crippen molar-refractivity contribution < 1.29 is 4.39 Å². The lowest BCUT2D eigenvalue weighted by atomic mass is 10.3. The molecule has 0 N–H and O–H groups in total. The number of halogens is 1. The maximum atomic E-state index is 12.6. The highest BCUT2D eigenvalue weighted by Gasteiger charge is 1.97. The summed E-state index contributed by atoms with van der Waals surface area (Å²) in [6, 6.07) is 7.37. The van der Waals surface area contributed by atoms with Crippen LogP contribution in [0.2, 0.25) is 0 Å². The molecule has 2 heteroatoms. The molecule has 1 aromatic carbocycles. The van der Waals surface area contributed by atoms with Crippen molar-refractivity contribution in [1.82, 2.24) is 0 Å². The molecule has 11 heavy (non-hydrogen) atoms. The van der Waals surface area contributed by atoms with Crippen LogP contribution >= 0.6 is 0 Å². The summed E-state index contributed by atoms with van der Waals surface area (Å²) in [5, 5.41) is 0. The van der Waals surface area contributed by atoms with Crippen molar-refractivity contribution in [2.45, 2.75) is 6.92 Å². The van der Waals surface area contributed by atoms with Gasteiger partial charge in [-0.25, -0.2) is 4.39 Å². The van der Waals surface area contributed by atoms with Crippen molar-refractivity contribution in [3.05, 3.63) is 30.1 Å². The highest BCUT2D eigenvalue weighted by atomic mass is 19.1. The molecule has 0 aliphatic rings. The molecular formula is C9H11FN. The van der Waals surface area contributed by atoms with Crippen LogP contribution in [-0.4, -0.2) is 13.6 Å². The predicted octanol–water partition coefficient (Wildman–Crippen LogP) is 2.08. The molecule has 0 saturated heterocycles. The zero-order valence-electron chi connectivity index (χ0n) is 6.76. The van der Waals surface area contributed by atoms with Gasteiger partial charge < -0.3 is 4.90 Å². The van der Waals surface area contributed by atoms with Crippen molar-refractivity contribution in [2.24, 2.45) is 0 Å². The molecule has 0 aliphatic heterocycles. The maximum Gasteiger partial charge on any atom is 0.133 e. The molecule has 1 radical (unpaired) electrons. The van der Waals surface area contributed by atoms with E-state index in [1.165, 1.54) is 6.07 Å². The van der Waals surface area contributed by atoms with Gasteiger partial charge in [-0.2, -0.15) is 0 Å². The van der Waals surface area contributed by atoms with Crippen LogP contribution in [0.5, 0.6) is 0 Å². The van der Waals surface area contributed by atoms with Crippen LogP contribution < -0.4 is 4.90 Å². The van der Waals surface area contributed by atoms with Gasteiger partial charge in [0.1, 0.15) is 5.82 Å². The first-order chi connectivity index (χ1) is 5.24. The molecule has 1 aromatic rings. The van der Waals surface area contributed by atoms with Crippen LogP contribution in [-0.2, 0) is 0 Å². The van der Waals surface area contributed by atoms with Crippen LogP contribution in [0.25, 0.3) is 0 Å². The highest BCUT2D eigenvalue weighted by molar-refractivity contribution is 5.44. The van der Waals surface area contributed by atoms with E-state index in [1.807, 2.05) is 24.9 Å². The third-order valence-corrected chi connectivity index (χ3v) is 1.67. The lowest BCUT2D eigenvalue weighted by Crippen LogP contribution is -2.15. The maximum absolute atomic E-state index is 12.6. The number of nitrogens with zero attached hydrogens (tertiary/aromatic N) is 1. The van der Waals surface area contributed by atoms with E-state index in [2.05, 4.69) is 6.07 Å². The normalized spacial score (nSPS) is 9.73. The summed E-state index contributed by atoms with van der Waals surface area (Å²) < 4.78 is 12.6. The van der Waals surface area contributed by atoms with Crippen LogP contribution in [0.4, 0.5) is 10.1 Å². The Hall–Kier alpha value is -1.05. The van der Waals surface area contributed by atoms with Gasteiger partial charge in [0.05, 0.1) is 0 Å². The Morgan fingerprint density at radius 2 is 2.36 bits per heavy atom. The minimum atomic E-state index is -0.303. The van der Waals surface area contributed by atoms with Gasteiger partial charge in [0, 0.05) is 25.3 Å². The summed E-state index contributed by atoms with van der Waals surface area (Å²) in [5.41, 5.74) is 0.892. The van der Waals surface area contributed by atoms with Gasteiger partial charge in [0.15, 0.2) is 0 Å². The van der Waals surface area contributed by atoms with Gasteiger partial charge in [-0.3, -0.25) is 0 Å². The standard InChI is InChI=1S/C9H11FN/c1-3-11(2)9-6-4-5-8(10)7-9/h4,6-7H,3H2,1-2H3. The van der Waals surface area contributed by atoms with E-state index in [-0.39, 0.29) is 5.82 Å². The van der Waals surface area contributed by atoms with E-state index in [0.717, 1.165) is 12.2 Å². The van der Waals surface area contributed by atoms with Gasteiger partial charge in [-0.05, 0) is 25.1 Å². The van der Waals surface area contributed by atoms with E-state index in [4.69, 9.17) is 0 Å². The van der Waals surface area contributed by atoms with Crippen molar-refractivity contribution in [3.8, 4) is 0 Å². The summed E-state index contributed by atoms with van der Waals surface area (Å²) in [4.78, 5) is 1.97. The minimum Gasteiger partial charge on any atom is -0.375 e. The predicted molar refractivity (Wildman–Crippen MR) is 44.2 cm³/mol. The van der Waals surface area contributed by atoms with Crippen LogP contribution in [0.3, 0.4) is 0 Å². The van der Waals surface area contributed by atoms with E-state index in [9.17, 15) is 4.39 Å². The van der Waals surface area contributed by atoms with Crippen LogP contribution in [0.15, 0.2) is 18.2 Å². The first-order valence-electron chi connectivity index (χ1n) is 3.62. The third kappa shape index (κ3) is 1.93. The van der Waals surface area contributed by atoms with Gasteiger partial charge in [-0.15, -0.1) is 0 Å². The number of hydrogen-bond donors (Lipinski definition) is 0. The Kier molecular flexibility index (Phi) is 2.47. The van der Waals surface area contributed by atoms with Crippen molar-refractivity contribution in [2.75, 3.05) is 18.5 Å². The quantitative estimate of drug-likeness (QED) is 0.627. The van der Waals surface area contributed by atoms with Crippen molar-refractivity contribution in [3.63, 3.8) is 0 Å². The summed E-state index contributed by atoms with van der Waals surface area (Å²) in [5.74, 6) is -0.303. The molecule has 0 bridgehead atoms. The Morgan fingerprint density at radius 3 is 2.91 bits per heavy atom. The zero-order chi connectivity index (χ0) is 8.27. The van der Waals surface area contributed by atoms with Crippen LogP contribution in [0.1, 0.15) is 6.92 Å². The molecule has 1 rings (SSSR count). The van der Waals surface area contributed by atoms with Gasteiger partial charge in [0.2, 0.25) is 0 Å². The second-order valence-corrected chi connectivity index (χ2v) is 2.41. The molecule has 0 aliphatic carbocycles. The lowest BCUT2D eigenvalue weighted by Gasteiger charge is -2.15. The van der Waals surface area contributed by atoms with Crippen LogP contribution in [0, 0.1) is 11.9 Å². The molecule has 0 saturated carbocycles. The summed E-state index contributed by atoms with van der Waals surface area (Å²) in [7, 11) is 1.93. The SMILES string of the molecule is CCN(C)c1cc[c]c(F)c1. The summed E-state index contributed by atoms with van der Waals surface area (Å²) in [6.45, 7) is 2.90. The Morgan fingerprint density at radius 1 is 1.64 bits per heavy atom. The van der Waals surface area contributed by atoms with E-state index in [0.29, 0.717) is 0 Å². The second-order valence-electron chi connectivity index (χ2n) is 2.41. The zero-order valence-corrected chi connectivity index (χ0v) is 6.76. The molecule has 0 aromatic heterocycles. The van der Waals surface area contributed by atoms with Gasteiger partial charge in [-0.1, -0.05) is 0 Å². The van der Waals surface area contributed by atoms with Gasteiger partial charge in [0.25, 0.3) is 0 Å². The molecule has 0 fully saturated rings. The summed E-state index contributed by atoms with van der Waals surface area (Å²) in [6.07, 6.45) is 0. The highest BCUT2D eigenvalue weighted by Crippen LogP contribution is 2.12. The minimum absolute atomic E-state index is 0.303. The lowest BCUT2D eigenvalue weighted by molar-refractivity contribution is 0.625. The number of rotatable bonds is 2. The fourth-order valence-corrected chi connectivity index (χ4v) is 0.846. The molecule has 0 heterocycles. The first-order valence-corrected chi connectivity index (χ1v) is 3.62. The Labute approximate surface area is 66.5 Å². The second kappa shape index (κ2) is 3.37. The largest absolute Gasteiger partial charge is 0.375 e. The molecule has 0 unspecified atom stereocenters. The molecular weight excluding hydrogens is 141 g/mol. The van der Waals surface area contributed by atoms with Crippen molar-refractivity contribution >= 4 is 5.69 Å². The Bertz CT molecular complexity index is 235. The number of anilines is 1. The average molecular weight is 152 g/mol. The van der Waals surface area contributed by atoms with Gasteiger partial charge >= 0.3 is 0 Å². The fourth-order valence-electron chi connectivity index (χ4n) is 0.846. The molecule has 0 spiro atoms. The number of hydrogen-bond acceptors (Lipinski definition) is 1. The summed E-state index contributed by atoms with van der Waals surface area (Å²) >= 11 is 0. The van der Waals surface area contributed by atoms with E-state index >= 15 is 0 Å². The fraction of sp³-hybridized carbons (Fsp3) is 0.333. The smallest absolute Gasteiger partial charge is 0.133 e. The van der Waals surface area contributed by atoms with E-state index < -0.39 is 0 Å².